The molecule has 1 aliphatic rings. The van der Waals surface area contributed by atoms with E-state index in [2.05, 4.69) is 40.3 Å². The topological polar surface area (TPSA) is 49.0 Å². The average molecular weight is 291 g/mol. The van der Waals surface area contributed by atoms with E-state index in [-0.39, 0.29) is 5.91 Å². The molecule has 3 aromatic rings. The zero-order valence-electron chi connectivity index (χ0n) is 12.5. The number of fused-ring (bicyclic) bond motifs is 2. The van der Waals surface area contributed by atoms with Gasteiger partial charge in [-0.3, -0.25) is 4.79 Å². The highest BCUT2D eigenvalue weighted by molar-refractivity contribution is 5.83. The predicted octanol–water partition coefficient (Wildman–Crippen LogP) is 3.13. The maximum Gasteiger partial charge on any atom is 0.219 e. The summed E-state index contributed by atoms with van der Waals surface area (Å²) in [6, 6.07) is 12.6. The van der Waals surface area contributed by atoms with Gasteiger partial charge in [-0.1, -0.05) is 12.1 Å². The van der Waals surface area contributed by atoms with Crippen molar-refractivity contribution in [3.63, 3.8) is 0 Å². The summed E-state index contributed by atoms with van der Waals surface area (Å²) in [5, 5.41) is 1.11. The molecule has 2 aromatic heterocycles. The molecule has 22 heavy (non-hydrogen) atoms. The molecule has 4 heteroatoms. The zero-order chi connectivity index (χ0) is 15.1. The van der Waals surface area contributed by atoms with E-state index in [0.29, 0.717) is 6.54 Å². The third-order valence-corrected chi connectivity index (χ3v) is 4.37. The third kappa shape index (κ3) is 2.17. The van der Waals surface area contributed by atoms with Crippen molar-refractivity contribution in [3.8, 4) is 11.3 Å². The van der Waals surface area contributed by atoms with Gasteiger partial charge in [0, 0.05) is 37.3 Å². The van der Waals surface area contributed by atoms with E-state index in [1.807, 2.05) is 11.0 Å². The Labute approximate surface area is 128 Å². The van der Waals surface area contributed by atoms with Crippen LogP contribution in [0.25, 0.3) is 22.3 Å². The first kappa shape index (κ1) is 13.1. The first-order valence-corrected chi connectivity index (χ1v) is 7.52. The lowest BCUT2D eigenvalue weighted by Gasteiger charge is -2.28. The summed E-state index contributed by atoms with van der Waals surface area (Å²) in [4.78, 5) is 21.2. The van der Waals surface area contributed by atoms with E-state index in [9.17, 15) is 4.79 Å². The largest absolute Gasteiger partial charge is 0.339 e. The molecule has 1 aliphatic heterocycles. The smallest absolute Gasteiger partial charge is 0.219 e. The van der Waals surface area contributed by atoms with Gasteiger partial charge in [0.15, 0.2) is 0 Å². The Bertz CT molecular complexity index is 833. The van der Waals surface area contributed by atoms with Crippen LogP contribution in [0.15, 0.2) is 42.6 Å². The fraction of sp³-hybridized carbons (Fsp3) is 0.222. The number of hydrogen-bond acceptors (Lipinski definition) is 2. The zero-order valence-corrected chi connectivity index (χ0v) is 12.5. The highest BCUT2D eigenvalue weighted by atomic mass is 16.2. The summed E-state index contributed by atoms with van der Waals surface area (Å²) in [5.74, 6) is 0.144. The third-order valence-electron chi connectivity index (χ3n) is 4.37. The first-order valence-electron chi connectivity index (χ1n) is 7.52. The van der Waals surface area contributed by atoms with Crippen molar-refractivity contribution < 1.29 is 4.79 Å². The summed E-state index contributed by atoms with van der Waals surface area (Å²) >= 11 is 0. The molecular weight excluding hydrogens is 274 g/mol. The molecule has 110 valence electrons. The number of benzene rings is 1. The first-order chi connectivity index (χ1) is 10.7. The maximum absolute atomic E-state index is 11.6. The molecule has 0 radical (unpaired) electrons. The number of carbonyl (C=O) groups is 1. The van der Waals surface area contributed by atoms with Crippen molar-refractivity contribution in [1.29, 1.82) is 0 Å². The normalized spacial score (nSPS) is 14.1. The number of nitrogens with one attached hydrogen (secondary N) is 1. The predicted molar refractivity (Wildman–Crippen MR) is 86.3 cm³/mol. The van der Waals surface area contributed by atoms with Crippen molar-refractivity contribution in [1.82, 2.24) is 14.9 Å². The van der Waals surface area contributed by atoms with Crippen LogP contribution in [-0.4, -0.2) is 27.3 Å². The summed E-state index contributed by atoms with van der Waals surface area (Å²) in [6.07, 6.45) is 2.73. The molecule has 0 saturated heterocycles. The van der Waals surface area contributed by atoms with Gasteiger partial charge >= 0.3 is 0 Å². The number of H-pyrrole nitrogens is 1. The molecule has 0 bridgehead atoms. The van der Waals surface area contributed by atoms with Crippen LogP contribution < -0.4 is 0 Å². The van der Waals surface area contributed by atoms with Crippen molar-refractivity contribution in [2.45, 2.75) is 19.9 Å². The molecule has 1 N–H and O–H groups in total. The van der Waals surface area contributed by atoms with Crippen molar-refractivity contribution in [2.75, 3.05) is 6.54 Å². The molecule has 3 heterocycles. The summed E-state index contributed by atoms with van der Waals surface area (Å²) in [7, 11) is 0. The van der Waals surface area contributed by atoms with Crippen LogP contribution in [0.4, 0.5) is 0 Å². The molecular formula is C18H17N3O. The standard InChI is InChI=1S/C18H17N3O/c1-12(22)21-8-6-13-4-5-14(9-16(13)11-21)17-10-15-3-2-7-19-18(15)20-17/h2-5,7,9-10H,6,8,11H2,1H3,(H,19,20). The lowest BCUT2D eigenvalue weighted by molar-refractivity contribution is -0.129. The second-order valence-electron chi connectivity index (χ2n) is 5.80. The Balaban J connectivity index is 1.74. The molecule has 0 atom stereocenters. The minimum absolute atomic E-state index is 0.144. The van der Waals surface area contributed by atoms with Gasteiger partial charge in [0.2, 0.25) is 5.91 Å². The second kappa shape index (κ2) is 4.98. The number of pyridine rings is 1. The van der Waals surface area contributed by atoms with Crippen LogP contribution in [0.5, 0.6) is 0 Å². The molecule has 0 saturated carbocycles. The summed E-state index contributed by atoms with van der Waals surface area (Å²) in [5.41, 5.74) is 5.69. The number of hydrogen-bond donors (Lipinski definition) is 1. The van der Waals surface area contributed by atoms with E-state index in [4.69, 9.17) is 0 Å². The fourth-order valence-electron chi connectivity index (χ4n) is 3.11. The quantitative estimate of drug-likeness (QED) is 0.749. The van der Waals surface area contributed by atoms with E-state index in [1.54, 1.807) is 13.1 Å². The Morgan fingerprint density at radius 1 is 1.23 bits per heavy atom. The van der Waals surface area contributed by atoms with Gasteiger partial charge in [-0.25, -0.2) is 4.98 Å². The Morgan fingerprint density at radius 3 is 2.95 bits per heavy atom. The van der Waals surface area contributed by atoms with Gasteiger partial charge in [-0.15, -0.1) is 0 Å². The maximum atomic E-state index is 11.6. The van der Waals surface area contributed by atoms with Crippen molar-refractivity contribution in [2.24, 2.45) is 0 Å². The Hall–Kier alpha value is -2.62. The molecule has 0 aliphatic carbocycles. The van der Waals surface area contributed by atoms with E-state index < -0.39 is 0 Å². The minimum Gasteiger partial charge on any atom is -0.339 e. The van der Waals surface area contributed by atoms with Gasteiger partial charge in [-0.05, 0) is 47.4 Å². The van der Waals surface area contributed by atoms with Crippen LogP contribution >= 0.6 is 0 Å². The van der Waals surface area contributed by atoms with Crippen LogP contribution in [-0.2, 0) is 17.8 Å². The van der Waals surface area contributed by atoms with Crippen LogP contribution in [0.2, 0.25) is 0 Å². The Kier molecular flexibility index (Phi) is 2.96. The molecule has 1 amide bonds. The second-order valence-corrected chi connectivity index (χ2v) is 5.80. The van der Waals surface area contributed by atoms with Gasteiger partial charge in [0.1, 0.15) is 5.65 Å². The molecule has 4 nitrogen and oxygen atoms in total. The minimum atomic E-state index is 0.144. The van der Waals surface area contributed by atoms with Gasteiger partial charge in [0.25, 0.3) is 0 Å². The van der Waals surface area contributed by atoms with E-state index in [1.165, 1.54) is 11.1 Å². The Morgan fingerprint density at radius 2 is 2.14 bits per heavy atom. The van der Waals surface area contributed by atoms with Crippen molar-refractivity contribution in [3.05, 3.63) is 53.7 Å². The van der Waals surface area contributed by atoms with Gasteiger partial charge in [0.05, 0.1) is 0 Å². The van der Waals surface area contributed by atoms with Crippen LogP contribution in [0.3, 0.4) is 0 Å². The SMILES string of the molecule is CC(=O)N1CCc2ccc(-c3cc4cccnc4[nH]3)cc2C1. The lowest BCUT2D eigenvalue weighted by Crippen LogP contribution is -2.34. The highest BCUT2D eigenvalue weighted by Crippen LogP contribution is 2.27. The average Bonchev–Trinajstić information content (AvgIpc) is 2.97. The van der Waals surface area contributed by atoms with Gasteiger partial charge < -0.3 is 9.88 Å². The fourth-order valence-corrected chi connectivity index (χ4v) is 3.11. The van der Waals surface area contributed by atoms with Crippen molar-refractivity contribution >= 4 is 16.9 Å². The highest BCUT2D eigenvalue weighted by Gasteiger charge is 2.18. The molecule has 0 unspecified atom stereocenters. The van der Waals surface area contributed by atoms with Crippen LogP contribution in [0, 0.1) is 0 Å². The summed E-state index contributed by atoms with van der Waals surface area (Å²) in [6.45, 7) is 3.16. The number of aromatic nitrogens is 2. The molecule has 0 fully saturated rings. The number of nitrogens with zero attached hydrogens (tertiary/aromatic N) is 2. The van der Waals surface area contributed by atoms with Crippen LogP contribution in [0.1, 0.15) is 18.1 Å². The van der Waals surface area contributed by atoms with E-state index >= 15 is 0 Å². The lowest BCUT2D eigenvalue weighted by atomic mass is 9.96. The number of rotatable bonds is 1. The summed E-state index contributed by atoms with van der Waals surface area (Å²) < 4.78 is 0. The number of aromatic amines is 1. The molecule has 1 aromatic carbocycles. The van der Waals surface area contributed by atoms with E-state index in [0.717, 1.165) is 35.3 Å². The molecule has 4 rings (SSSR count). The molecule has 0 spiro atoms. The van der Waals surface area contributed by atoms with Gasteiger partial charge in [-0.2, -0.15) is 0 Å². The number of amides is 1. The number of carbonyl (C=O) groups excluding carboxylic acids is 1. The monoisotopic (exact) mass is 291 g/mol.